The number of carbonyl (C=O) groups is 1. The Bertz CT molecular complexity index is 535. The van der Waals surface area contributed by atoms with E-state index >= 15 is 0 Å². The minimum absolute atomic E-state index is 0.204. The van der Waals surface area contributed by atoms with E-state index in [1.807, 2.05) is 0 Å². The van der Waals surface area contributed by atoms with E-state index in [9.17, 15) is 9.18 Å². The summed E-state index contributed by atoms with van der Waals surface area (Å²) in [4.78, 5) is 11.1. The van der Waals surface area contributed by atoms with Gasteiger partial charge in [0.1, 0.15) is 11.9 Å². The lowest BCUT2D eigenvalue weighted by atomic mass is 10.0. The molecule has 1 saturated heterocycles. The lowest BCUT2D eigenvalue weighted by molar-refractivity contribution is -0.132. The van der Waals surface area contributed by atoms with Crippen LogP contribution in [0.2, 0.25) is 0 Å². The highest BCUT2D eigenvalue weighted by atomic mass is 19.1. The summed E-state index contributed by atoms with van der Waals surface area (Å²) < 4.78 is 23.9. The van der Waals surface area contributed by atoms with Gasteiger partial charge in [-0.15, -0.1) is 0 Å². The van der Waals surface area contributed by atoms with Gasteiger partial charge in [-0.25, -0.2) is 9.18 Å². The number of hydrogen-bond acceptors (Lipinski definition) is 3. The van der Waals surface area contributed by atoms with Crippen LogP contribution in [-0.4, -0.2) is 37.0 Å². The Morgan fingerprint density at radius 3 is 2.95 bits per heavy atom. The molecular weight excluding hydrogens is 275 g/mol. The average Bonchev–Trinajstić information content (AvgIpc) is 3.26. The quantitative estimate of drug-likeness (QED) is 0.455. The van der Waals surface area contributed by atoms with Crippen molar-refractivity contribution in [3.05, 3.63) is 40.7 Å². The zero-order valence-corrected chi connectivity index (χ0v) is 12.0. The maximum atomic E-state index is 13.4. The Balaban J connectivity index is 2.06. The second-order valence-corrected chi connectivity index (χ2v) is 4.95. The van der Waals surface area contributed by atoms with Crippen LogP contribution in [0.4, 0.5) is 4.39 Å². The Morgan fingerprint density at radius 1 is 1.57 bits per heavy atom. The summed E-state index contributed by atoms with van der Waals surface area (Å²) in [6.07, 6.45) is 2.76. The second-order valence-electron chi connectivity index (χ2n) is 4.95. The molecule has 1 aromatic carbocycles. The van der Waals surface area contributed by atoms with Crippen LogP contribution < -0.4 is 0 Å². The van der Waals surface area contributed by atoms with Gasteiger partial charge in [0.2, 0.25) is 0 Å². The van der Waals surface area contributed by atoms with E-state index in [0.717, 1.165) is 17.7 Å². The molecule has 1 aromatic rings. The molecule has 4 nitrogen and oxygen atoms in total. The summed E-state index contributed by atoms with van der Waals surface area (Å²) in [5.74, 6) is -1.28. The molecule has 0 radical (unpaired) electrons. The number of epoxide rings is 1. The van der Waals surface area contributed by atoms with E-state index in [0.29, 0.717) is 31.6 Å². The Kier molecular flexibility index (Phi) is 5.47. The highest BCUT2D eigenvalue weighted by Crippen LogP contribution is 2.18. The van der Waals surface area contributed by atoms with Gasteiger partial charge in [-0.2, -0.15) is 0 Å². The van der Waals surface area contributed by atoms with Crippen LogP contribution in [0.15, 0.2) is 23.8 Å². The van der Waals surface area contributed by atoms with Gasteiger partial charge in [0, 0.05) is 5.57 Å². The standard InChI is InChI=1S/C16H19FO4/c1-2-11(16(18)19)7-12-3-4-14(17)8-13(12)5-6-20-9-15-10-21-15/h3-4,7-8,15H,2,5-6,9-10H2,1H3,(H,18,19). The summed E-state index contributed by atoms with van der Waals surface area (Å²) in [7, 11) is 0. The zero-order valence-electron chi connectivity index (χ0n) is 12.0. The molecular formula is C16H19FO4. The van der Waals surface area contributed by atoms with Crippen LogP contribution in [-0.2, 0) is 20.7 Å². The molecule has 0 bridgehead atoms. The molecule has 1 atom stereocenters. The van der Waals surface area contributed by atoms with E-state index < -0.39 is 5.97 Å². The fourth-order valence-corrected chi connectivity index (χ4v) is 2.00. The van der Waals surface area contributed by atoms with Gasteiger partial charge >= 0.3 is 5.97 Å². The number of ether oxygens (including phenoxy) is 2. The molecule has 0 amide bonds. The third kappa shape index (κ3) is 4.95. The topological polar surface area (TPSA) is 59.1 Å². The Morgan fingerprint density at radius 2 is 2.33 bits per heavy atom. The van der Waals surface area contributed by atoms with Crippen molar-refractivity contribution >= 4 is 12.0 Å². The number of carboxylic acids is 1. The number of rotatable bonds is 8. The normalized spacial score (nSPS) is 17.8. The molecule has 1 aliphatic rings. The number of benzene rings is 1. The fraction of sp³-hybridized carbons (Fsp3) is 0.438. The summed E-state index contributed by atoms with van der Waals surface area (Å²) >= 11 is 0. The summed E-state index contributed by atoms with van der Waals surface area (Å²) in [6, 6.07) is 4.37. The summed E-state index contributed by atoms with van der Waals surface area (Å²) in [5.41, 5.74) is 1.77. The molecule has 0 saturated carbocycles. The van der Waals surface area contributed by atoms with E-state index in [-0.39, 0.29) is 11.9 Å². The van der Waals surface area contributed by atoms with E-state index in [4.69, 9.17) is 14.6 Å². The predicted octanol–water partition coefficient (Wildman–Crippen LogP) is 2.66. The van der Waals surface area contributed by atoms with Crippen molar-refractivity contribution in [2.75, 3.05) is 19.8 Å². The van der Waals surface area contributed by atoms with Crippen LogP contribution in [0, 0.1) is 5.82 Å². The van der Waals surface area contributed by atoms with E-state index in [1.54, 1.807) is 19.1 Å². The van der Waals surface area contributed by atoms with Gasteiger partial charge in [-0.1, -0.05) is 13.0 Å². The molecule has 2 rings (SSSR count). The second kappa shape index (κ2) is 7.33. The van der Waals surface area contributed by atoms with Gasteiger partial charge in [0.25, 0.3) is 0 Å². The Hall–Kier alpha value is -1.72. The van der Waals surface area contributed by atoms with Crippen molar-refractivity contribution in [2.45, 2.75) is 25.9 Å². The first kappa shape index (κ1) is 15.7. The maximum Gasteiger partial charge on any atom is 0.331 e. The molecule has 1 fully saturated rings. The lowest BCUT2D eigenvalue weighted by Crippen LogP contribution is -2.06. The van der Waals surface area contributed by atoms with Gasteiger partial charge in [0.05, 0.1) is 19.8 Å². The van der Waals surface area contributed by atoms with Gasteiger partial charge in [-0.3, -0.25) is 0 Å². The van der Waals surface area contributed by atoms with Crippen molar-refractivity contribution < 1.29 is 23.8 Å². The summed E-state index contributed by atoms with van der Waals surface area (Å²) in [6.45, 7) is 3.53. The monoisotopic (exact) mass is 294 g/mol. The molecule has 1 N–H and O–H groups in total. The molecule has 0 aromatic heterocycles. The smallest absolute Gasteiger partial charge is 0.331 e. The zero-order chi connectivity index (χ0) is 15.2. The molecule has 0 spiro atoms. The first-order valence-electron chi connectivity index (χ1n) is 7.01. The van der Waals surface area contributed by atoms with Gasteiger partial charge < -0.3 is 14.6 Å². The van der Waals surface area contributed by atoms with Crippen molar-refractivity contribution in [3.63, 3.8) is 0 Å². The number of carboxylic acid groups (broad SMARTS) is 1. The minimum Gasteiger partial charge on any atom is -0.478 e. The van der Waals surface area contributed by atoms with Crippen molar-refractivity contribution in [1.29, 1.82) is 0 Å². The molecule has 1 aliphatic heterocycles. The van der Waals surface area contributed by atoms with Crippen LogP contribution >= 0.6 is 0 Å². The minimum atomic E-state index is -0.949. The van der Waals surface area contributed by atoms with Crippen LogP contribution in [0.5, 0.6) is 0 Å². The maximum absolute atomic E-state index is 13.4. The number of aliphatic carboxylic acids is 1. The highest BCUT2D eigenvalue weighted by Gasteiger charge is 2.22. The Labute approximate surface area is 123 Å². The van der Waals surface area contributed by atoms with Gasteiger partial charge in [0.15, 0.2) is 0 Å². The molecule has 21 heavy (non-hydrogen) atoms. The van der Waals surface area contributed by atoms with Crippen molar-refractivity contribution in [2.24, 2.45) is 0 Å². The lowest BCUT2D eigenvalue weighted by Gasteiger charge is -2.08. The molecule has 0 aliphatic carbocycles. The average molecular weight is 294 g/mol. The molecule has 1 unspecified atom stereocenters. The first-order valence-corrected chi connectivity index (χ1v) is 7.01. The number of hydrogen-bond donors (Lipinski definition) is 1. The highest BCUT2D eigenvalue weighted by molar-refractivity contribution is 5.92. The van der Waals surface area contributed by atoms with Crippen molar-refractivity contribution in [1.82, 2.24) is 0 Å². The molecule has 5 heteroatoms. The predicted molar refractivity (Wildman–Crippen MR) is 76.6 cm³/mol. The fourth-order valence-electron chi connectivity index (χ4n) is 2.00. The SMILES string of the molecule is CCC(=Cc1ccc(F)cc1CCOCC1CO1)C(=O)O. The molecule has 1 heterocycles. The van der Waals surface area contributed by atoms with Crippen LogP contribution in [0.3, 0.4) is 0 Å². The van der Waals surface area contributed by atoms with E-state index in [1.165, 1.54) is 12.1 Å². The summed E-state index contributed by atoms with van der Waals surface area (Å²) in [5, 5.41) is 9.08. The molecule has 114 valence electrons. The van der Waals surface area contributed by atoms with Crippen molar-refractivity contribution in [3.8, 4) is 0 Å². The van der Waals surface area contributed by atoms with Gasteiger partial charge in [-0.05, 0) is 42.2 Å². The largest absolute Gasteiger partial charge is 0.478 e. The van der Waals surface area contributed by atoms with Crippen LogP contribution in [0.1, 0.15) is 24.5 Å². The van der Waals surface area contributed by atoms with Crippen LogP contribution in [0.25, 0.3) is 6.08 Å². The first-order chi connectivity index (χ1) is 10.1. The van der Waals surface area contributed by atoms with E-state index in [2.05, 4.69) is 0 Å². The third-order valence-electron chi connectivity index (χ3n) is 3.31. The number of halogens is 1. The third-order valence-corrected chi connectivity index (χ3v) is 3.31.